The molecule has 0 unspecified atom stereocenters. The third-order valence-electron chi connectivity index (χ3n) is 3.63. The van der Waals surface area contributed by atoms with E-state index >= 15 is 0 Å². The van der Waals surface area contributed by atoms with E-state index in [-0.39, 0.29) is 23.2 Å². The zero-order valence-corrected chi connectivity index (χ0v) is 12.9. The first-order valence-corrected chi connectivity index (χ1v) is 7.31. The molecule has 116 valence electrons. The zero-order chi connectivity index (χ0) is 15.9. The van der Waals surface area contributed by atoms with Gasteiger partial charge in [0.05, 0.1) is 11.4 Å². The molecule has 0 atom stereocenters. The quantitative estimate of drug-likeness (QED) is 0.923. The van der Waals surface area contributed by atoms with Gasteiger partial charge in [0, 0.05) is 24.0 Å². The monoisotopic (exact) mass is 302 g/mol. The Hall–Kier alpha value is -2.24. The van der Waals surface area contributed by atoms with Crippen LogP contribution >= 0.6 is 0 Å². The number of aromatic nitrogens is 2. The summed E-state index contributed by atoms with van der Waals surface area (Å²) in [5.74, 6) is 0.362. The number of benzene rings is 1. The van der Waals surface area contributed by atoms with Crippen LogP contribution in [0.15, 0.2) is 24.5 Å². The van der Waals surface area contributed by atoms with Crippen LogP contribution in [0.1, 0.15) is 20.8 Å². The summed E-state index contributed by atoms with van der Waals surface area (Å²) in [6, 6.07) is 4.46. The number of carbonyl (C=O) groups excluding carboxylic acids is 1. The topological polar surface area (TPSA) is 58.1 Å². The van der Waals surface area contributed by atoms with E-state index in [9.17, 15) is 9.18 Å². The van der Waals surface area contributed by atoms with Gasteiger partial charge in [0.2, 0.25) is 5.91 Å². The number of nitrogens with zero attached hydrogens (tertiary/aromatic N) is 3. The van der Waals surface area contributed by atoms with E-state index in [1.165, 1.54) is 18.5 Å². The second kappa shape index (κ2) is 5.19. The maximum absolute atomic E-state index is 13.5. The van der Waals surface area contributed by atoms with Crippen LogP contribution in [0.3, 0.4) is 0 Å². The van der Waals surface area contributed by atoms with E-state index in [0.29, 0.717) is 29.8 Å². The van der Waals surface area contributed by atoms with Crippen molar-refractivity contribution in [1.29, 1.82) is 0 Å². The molecular formula is C16H19FN4O. The maximum atomic E-state index is 13.5. The SMILES string of the molecule is CC(C)(C)NC(=O)C1CN(c2ncnc3ccc(F)cc23)C1. The number of carbonyl (C=O) groups is 1. The Kier molecular flexibility index (Phi) is 3.47. The molecule has 1 aliphatic heterocycles. The van der Waals surface area contributed by atoms with Gasteiger partial charge in [-0.05, 0) is 39.0 Å². The van der Waals surface area contributed by atoms with Gasteiger partial charge in [-0.1, -0.05) is 0 Å². The molecule has 1 amide bonds. The summed E-state index contributed by atoms with van der Waals surface area (Å²) in [5.41, 5.74) is 0.469. The molecule has 0 saturated carbocycles. The Morgan fingerprint density at radius 2 is 2.05 bits per heavy atom. The van der Waals surface area contributed by atoms with Gasteiger partial charge in [-0.15, -0.1) is 0 Å². The number of anilines is 1. The van der Waals surface area contributed by atoms with Crippen LogP contribution in [0.5, 0.6) is 0 Å². The molecule has 1 aromatic carbocycles. The molecule has 1 aromatic heterocycles. The Morgan fingerprint density at radius 3 is 2.73 bits per heavy atom. The Bertz CT molecular complexity index is 720. The predicted octanol–water partition coefficient (Wildman–Crippen LogP) is 2.12. The average molecular weight is 302 g/mol. The number of fused-ring (bicyclic) bond motifs is 1. The van der Waals surface area contributed by atoms with Crippen LogP contribution in [0.25, 0.3) is 10.9 Å². The summed E-state index contributed by atoms with van der Waals surface area (Å²) in [6.45, 7) is 7.06. The molecule has 5 nitrogen and oxygen atoms in total. The third-order valence-corrected chi connectivity index (χ3v) is 3.63. The van der Waals surface area contributed by atoms with E-state index in [1.807, 2.05) is 25.7 Å². The molecule has 0 aliphatic carbocycles. The Morgan fingerprint density at radius 1 is 1.32 bits per heavy atom. The molecule has 1 aliphatic rings. The number of hydrogen-bond donors (Lipinski definition) is 1. The highest BCUT2D eigenvalue weighted by Crippen LogP contribution is 2.29. The molecule has 2 heterocycles. The molecule has 1 saturated heterocycles. The van der Waals surface area contributed by atoms with Crippen molar-refractivity contribution < 1.29 is 9.18 Å². The van der Waals surface area contributed by atoms with Gasteiger partial charge in [0.15, 0.2) is 0 Å². The van der Waals surface area contributed by atoms with Crippen LogP contribution in [-0.2, 0) is 4.79 Å². The van der Waals surface area contributed by atoms with Gasteiger partial charge in [-0.2, -0.15) is 0 Å². The standard InChI is InChI=1S/C16H19FN4O/c1-16(2,3)20-15(22)10-7-21(8-10)14-12-6-11(17)4-5-13(12)18-9-19-14/h4-6,9-10H,7-8H2,1-3H3,(H,20,22). The first-order valence-electron chi connectivity index (χ1n) is 7.31. The molecule has 1 N–H and O–H groups in total. The van der Waals surface area contributed by atoms with Gasteiger partial charge in [-0.3, -0.25) is 4.79 Å². The highest BCUT2D eigenvalue weighted by Gasteiger charge is 2.35. The smallest absolute Gasteiger partial charge is 0.227 e. The van der Waals surface area contributed by atoms with Crippen molar-refractivity contribution in [1.82, 2.24) is 15.3 Å². The fourth-order valence-electron chi connectivity index (χ4n) is 2.56. The largest absolute Gasteiger partial charge is 0.354 e. The highest BCUT2D eigenvalue weighted by atomic mass is 19.1. The van der Waals surface area contributed by atoms with E-state index in [2.05, 4.69) is 15.3 Å². The molecule has 1 fully saturated rings. The average Bonchev–Trinajstić information content (AvgIpc) is 2.35. The minimum Gasteiger partial charge on any atom is -0.354 e. The molecular weight excluding hydrogens is 283 g/mol. The molecule has 0 radical (unpaired) electrons. The zero-order valence-electron chi connectivity index (χ0n) is 12.9. The van der Waals surface area contributed by atoms with E-state index < -0.39 is 0 Å². The fourth-order valence-corrected chi connectivity index (χ4v) is 2.56. The van der Waals surface area contributed by atoms with Crippen molar-refractivity contribution >= 4 is 22.6 Å². The van der Waals surface area contributed by atoms with Crippen LogP contribution in [-0.4, -0.2) is 34.5 Å². The Balaban J connectivity index is 1.76. The normalized spacial score (nSPS) is 15.7. The van der Waals surface area contributed by atoms with E-state index in [4.69, 9.17) is 0 Å². The molecule has 2 aromatic rings. The van der Waals surface area contributed by atoms with E-state index in [0.717, 1.165) is 0 Å². The lowest BCUT2D eigenvalue weighted by atomic mass is 9.96. The van der Waals surface area contributed by atoms with Gasteiger partial charge in [0.25, 0.3) is 0 Å². The van der Waals surface area contributed by atoms with Gasteiger partial charge >= 0.3 is 0 Å². The van der Waals surface area contributed by atoms with Crippen LogP contribution < -0.4 is 10.2 Å². The lowest BCUT2D eigenvalue weighted by molar-refractivity contribution is -0.127. The number of amides is 1. The molecule has 22 heavy (non-hydrogen) atoms. The summed E-state index contributed by atoms with van der Waals surface area (Å²) in [7, 11) is 0. The predicted molar refractivity (Wildman–Crippen MR) is 83.1 cm³/mol. The van der Waals surface area contributed by atoms with Gasteiger partial charge < -0.3 is 10.2 Å². The molecule has 0 bridgehead atoms. The Labute approximate surface area is 128 Å². The molecule has 3 rings (SSSR count). The van der Waals surface area contributed by atoms with Crippen molar-refractivity contribution in [3.63, 3.8) is 0 Å². The van der Waals surface area contributed by atoms with Crippen molar-refractivity contribution in [2.45, 2.75) is 26.3 Å². The first kappa shape index (κ1) is 14.7. The van der Waals surface area contributed by atoms with E-state index in [1.54, 1.807) is 6.07 Å². The summed E-state index contributed by atoms with van der Waals surface area (Å²) < 4.78 is 13.5. The van der Waals surface area contributed by atoms with Crippen LogP contribution in [0.2, 0.25) is 0 Å². The second-order valence-corrected chi connectivity index (χ2v) is 6.70. The summed E-state index contributed by atoms with van der Waals surface area (Å²) in [4.78, 5) is 22.5. The van der Waals surface area contributed by atoms with Crippen LogP contribution in [0, 0.1) is 11.7 Å². The first-order chi connectivity index (χ1) is 10.3. The van der Waals surface area contributed by atoms with Crippen molar-refractivity contribution in [3.8, 4) is 0 Å². The number of rotatable bonds is 2. The lowest BCUT2D eigenvalue weighted by Crippen LogP contribution is -2.56. The fraction of sp³-hybridized carbons (Fsp3) is 0.438. The minimum absolute atomic E-state index is 0.0493. The minimum atomic E-state index is -0.314. The summed E-state index contributed by atoms with van der Waals surface area (Å²) >= 11 is 0. The number of halogens is 1. The highest BCUT2D eigenvalue weighted by molar-refractivity contribution is 5.91. The molecule has 0 spiro atoms. The number of nitrogens with one attached hydrogen (secondary N) is 1. The summed E-state index contributed by atoms with van der Waals surface area (Å²) in [5, 5.41) is 3.66. The van der Waals surface area contributed by atoms with Gasteiger partial charge in [-0.25, -0.2) is 14.4 Å². The van der Waals surface area contributed by atoms with Crippen LogP contribution in [0.4, 0.5) is 10.2 Å². The lowest BCUT2D eigenvalue weighted by Gasteiger charge is -2.40. The summed E-state index contributed by atoms with van der Waals surface area (Å²) in [6.07, 6.45) is 1.47. The van der Waals surface area contributed by atoms with Crippen molar-refractivity contribution in [2.75, 3.05) is 18.0 Å². The van der Waals surface area contributed by atoms with Gasteiger partial charge in [0.1, 0.15) is 18.0 Å². The second-order valence-electron chi connectivity index (χ2n) is 6.70. The number of hydrogen-bond acceptors (Lipinski definition) is 4. The maximum Gasteiger partial charge on any atom is 0.227 e. The van der Waals surface area contributed by atoms with Crippen molar-refractivity contribution in [3.05, 3.63) is 30.3 Å². The third kappa shape index (κ3) is 2.86. The van der Waals surface area contributed by atoms with Crippen molar-refractivity contribution in [2.24, 2.45) is 5.92 Å². The molecule has 6 heteroatoms.